The van der Waals surface area contributed by atoms with Gasteiger partial charge in [-0.15, -0.1) is 0 Å². The van der Waals surface area contributed by atoms with E-state index in [0.29, 0.717) is 0 Å². The molecule has 0 unspecified atom stereocenters. The van der Waals surface area contributed by atoms with Crippen LogP contribution in [0, 0.1) is 15.3 Å². The third-order valence-electron chi connectivity index (χ3n) is 4.57. The molecule has 4 rings (SSSR count). The Labute approximate surface area is 143 Å². The minimum atomic E-state index is -0.491. The van der Waals surface area contributed by atoms with E-state index >= 15 is 0 Å². The van der Waals surface area contributed by atoms with E-state index in [0.717, 1.165) is 6.42 Å². The van der Waals surface area contributed by atoms with Crippen molar-refractivity contribution in [3.63, 3.8) is 0 Å². The molecule has 2 aromatic carbocycles. The number of allylic oxidation sites excluding steroid dienone is 4. The predicted molar refractivity (Wildman–Crippen MR) is 90.7 cm³/mol. The van der Waals surface area contributed by atoms with Crippen molar-refractivity contribution in [2.24, 2.45) is 0 Å². The fourth-order valence-electron chi connectivity index (χ4n) is 3.54. The van der Waals surface area contributed by atoms with Crippen molar-refractivity contribution in [1.82, 2.24) is 0 Å². The molecule has 0 heterocycles. The van der Waals surface area contributed by atoms with Crippen LogP contribution in [0.5, 0.6) is 0 Å². The molecule has 0 fully saturated rings. The number of rotatable bonds is 1. The van der Waals surface area contributed by atoms with Crippen molar-refractivity contribution in [2.45, 2.75) is 19.5 Å². The topological polar surface area (TPSA) is 0 Å². The quantitative estimate of drug-likeness (QED) is 0.694. The zero-order chi connectivity index (χ0) is 15.3. The fourth-order valence-corrected chi connectivity index (χ4v) is 5.49. The van der Waals surface area contributed by atoms with Crippen LogP contribution >= 0.6 is 0 Å². The SMILES string of the molecule is C[Si](C)=c1ccc2c(c1C1=CC=CC1)[C]([Ti])=c1ccccc1=2. The molecule has 2 aliphatic rings. The Bertz CT molecular complexity index is 1070. The Balaban J connectivity index is 2.25. The van der Waals surface area contributed by atoms with E-state index in [2.05, 4.69) is 88.2 Å². The molecule has 0 atom stereocenters. The summed E-state index contributed by atoms with van der Waals surface area (Å²) in [5.74, 6) is 0. The number of hydrogen-bond acceptors (Lipinski definition) is 0. The average Bonchev–Trinajstić information content (AvgIpc) is 3.15. The van der Waals surface area contributed by atoms with Crippen LogP contribution in [0.2, 0.25) is 13.1 Å². The number of benzene rings is 2. The van der Waals surface area contributed by atoms with Crippen molar-refractivity contribution in [1.29, 1.82) is 0 Å². The molecule has 2 aliphatic carbocycles. The molecule has 22 heavy (non-hydrogen) atoms. The van der Waals surface area contributed by atoms with Crippen molar-refractivity contribution in [3.8, 4) is 0 Å². The second-order valence-corrected chi connectivity index (χ2v) is 9.47. The minimum absolute atomic E-state index is 0.491. The summed E-state index contributed by atoms with van der Waals surface area (Å²) in [6, 6.07) is 13.6. The first-order valence-electron chi connectivity index (χ1n) is 7.71. The molecule has 0 saturated carbocycles. The van der Waals surface area contributed by atoms with E-state index < -0.39 is 8.41 Å². The van der Waals surface area contributed by atoms with Gasteiger partial charge in [0, 0.05) is 0 Å². The third-order valence-corrected chi connectivity index (χ3v) is 6.88. The van der Waals surface area contributed by atoms with Crippen molar-refractivity contribution in [3.05, 3.63) is 86.2 Å². The molecule has 0 N–H and O–H groups in total. The Kier molecular flexibility index (Phi) is 3.53. The van der Waals surface area contributed by atoms with Gasteiger partial charge in [0.1, 0.15) is 0 Å². The van der Waals surface area contributed by atoms with E-state index in [1.54, 1.807) is 4.81 Å². The van der Waals surface area contributed by atoms with Gasteiger partial charge in [0.2, 0.25) is 0 Å². The maximum atomic E-state index is 2.40. The summed E-state index contributed by atoms with van der Waals surface area (Å²) in [6.45, 7) is 4.80. The molecule has 2 heteroatoms. The summed E-state index contributed by atoms with van der Waals surface area (Å²) in [5.41, 5.74) is 4.50. The van der Waals surface area contributed by atoms with Crippen LogP contribution in [-0.4, -0.2) is 8.41 Å². The van der Waals surface area contributed by atoms with Gasteiger partial charge < -0.3 is 0 Å². The zero-order valence-corrected chi connectivity index (χ0v) is 15.5. The molecule has 0 aliphatic heterocycles. The predicted octanol–water partition coefficient (Wildman–Crippen LogP) is 3.92. The first-order valence-corrected chi connectivity index (χ1v) is 11.0. The van der Waals surface area contributed by atoms with Gasteiger partial charge in [0.25, 0.3) is 0 Å². The van der Waals surface area contributed by atoms with Crippen LogP contribution in [0.3, 0.4) is 0 Å². The molecule has 2 aromatic rings. The Morgan fingerprint density at radius 2 is 1.68 bits per heavy atom. The van der Waals surface area contributed by atoms with Gasteiger partial charge in [-0.3, -0.25) is 0 Å². The normalized spacial score (nSPS) is 14.8. The van der Waals surface area contributed by atoms with Crippen LogP contribution in [0.4, 0.5) is 0 Å². The number of hydrogen-bond donors (Lipinski definition) is 0. The second-order valence-electron chi connectivity index (χ2n) is 6.16. The summed E-state index contributed by atoms with van der Waals surface area (Å²) in [6.07, 6.45) is 7.85. The second kappa shape index (κ2) is 5.42. The van der Waals surface area contributed by atoms with Gasteiger partial charge in [-0.05, 0) is 0 Å². The molecule has 0 saturated heterocycles. The first kappa shape index (κ1) is 14.3. The van der Waals surface area contributed by atoms with Crippen LogP contribution in [-0.2, 0) is 20.4 Å². The van der Waals surface area contributed by atoms with E-state index in [1.807, 2.05) is 0 Å². The van der Waals surface area contributed by atoms with E-state index in [4.69, 9.17) is 0 Å². The van der Waals surface area contributed by atoms with Gasteiger partial charge >= 0.3 is 144 Å². The number of fused-ring (bicyclic) bond motifs is 2. The molecule has 0 nitrogen and oxygen atoms in total. The van der Waals surface area contributed by atoms with Gasteiger partial charge in [-0.2, -0.15) is 0 Å². The average molecular weight is 333 g/mol. The van der Waals surface area contributed by atoms with Crippen molar-refractivity contribution < 1.29 is 20.4 Å². The summed E-state index contributed by atoms with van der Waals surface area (Å²) in [5, 5.41) is 4.22. The van der Waals surface area contributed by atoms with Gasteiger partial charge in [-0.25, -0.2) is 0 Å². The molecule has 105 valence electrons. The van der Waals surface area contributed by atoms with Crippen LogP contribution in [0.1, 0.15) is 17.5 Å². The summed E-state index contributed by atoms with van der Waals surface area (Å²) in [7, 11) is -0.491. The molecular formula is C20H17SiTi. The monoisotopic (exact) mass is 333 g/mol. The Morgan fingerprint density at radius 1 is 0.909 bits per heavy atom. The standard InChI is InChI=1S/C20H17Si.Ti/c1-21(2)19-12-11-17-16-10-6-5-9-15(16)13-18(17)20(19)14-7-3-4-8-14;/h3-7,9-12H,8H2,1-2H3;. The van der Waals surface area contributed by atoms with Gasteiger partial charge in [0.05, 0.1) is 0 Å². The van der Waals surface area contributed by atoms with Gasteiger partial charge in [-0.1, -0.05) is 0 Å². The van der Waals surface area contributed by atoms with Crippen molar-refractivity contribution in [2.75, 3.05) is 0 Å². The zero-order valence-electron chi connectivity index (χ0n) is 12.9. The Morgan fingerprint density at radius 3 is 2.36 bits per heavy atom. The van der Waals surface area contributed by atoms with E-state index in [9.17, 15) is 0 Å². The van der Waals surface area contributed by atoms with E-state index in [1.165, 1.54) is 36.2 Å². The molecule has 0 aromatic heterocycles. The third kappa shape index (κ3) is 2.04. The van der Waals surface area contributed by atoms with E-state index in [-0.39, 0.29) is 0 Å². The summed E-state index contributed by atoms with van der Waals surface area (Å²) < 4.78 is 1.44. The molecular weight excluding hydrogens is 316 g/mol. The maximum absolute atomic E-state index is 2.40. The fraction of sp³-hybridized carbons (Fsp3) is 0.150. The first-order chi connectivity index (χ1) is 10.7. The summed E-state index contributed by atoms with van der Waals surface area (Å²) >= 11 is 2.29. The Hall–Kier alpha value is -1.28. The molecule has 0 amide bonds. The van der Waals surface area contributed by atoms with Gasteiger partial charge in [0.15, 0.2) is 0 Å². The van der Waals surface area contributed by atoms with Crippen LogP contribution < -0.4 is 5.22 Å². The summed E-state index contributed by atoms with van der Waals surface area (Å²) in [4.78, 5) is 1.57. The molecule has 0 spiro atoms. The van der Waals surface area contributed by atoms with Crippen LogP contribution in [0.15, 0.2) is 54.6 Å². The molecule has 0 bridgehead atoms. The van der Waals surface area contributed by atoms with Crippen LogP contribution in [0.25, 0.3) is 9.45 Å². The molecule has 0 radical (unpaired) electrons. The van der Waals surface area contributed by atoms with Crippen molar-refractivity contribution >= 4 is 17.9 Å².